The molecule has 656 valence electrons. The smallest absolute Gasteiger partial charge is 0.425 e. The van der Waals surface area contributed by atoms with Gasteiger partial charge in [0.05, 0.1) is 16.7 Å². The van der Waals surface area contributed by atoms with Crippen LogP contribution in [-0.2, 0) is 117 Å². The molecule has 6 aromatic heterocycles. The maximum atomic E-state index is 14.2. The summed E-state index contributed by atoms with van der Waals surface area (Å²) in [5.41, 5.74) is 9.61. The van der Waals surface area contributed by atoms with Crippen molar-refractivity contribution in [1.29, 1.82) is 0 Å². The summed E-state index contributed by atoms with van der Waals surface area (Å²) in [4.78, 5) is 98.5. The summed E-state index contributed by atoms with van der Waals surface area (Å²) >= 11 is 8.53. The van der Waals surface area contributed by atoms with Crippen LogP contribution in [0.25, 0.3) is 20.9 Å². The first-order chi connectivity index (χ1) is 57.3. The molecule has 6 N–H and O–H groups in total. The van der Waals surface area contributed by atoms with E-state index in [2.05, 4.69) is 91.5 Å². The van der Waals surface area contributed by atoms with Crippen LogP contribution in [0.3, 0.4) is 0 Å². The Morgan fingerprint density at radius 2 is 0.769 bits per heavy atom. The van der Waals surface area contributed by atoms with Crippen molar-refractivity contribution in [3.05, 3.63) is 161 Å². The topological polar surface area (TPSA) is 218 Å². The summed E-state index contributed by atoms with van der Waals surface area (Å²) in [6.07, 6.45) is 9.92. The van der Waals surface area contributed by atoms with Crippen molar-refractivity contribution in [2.45, 2.75) is 234 Å². The number of rotatable bonds is 22. The number of benzene rings is 2. The van der Waals surface area contributed by atoms with E-state index in [9.17, 15) is 50.7 Å². The van der Waals surface area contributed by atoms with Crippen LogP contribution in [0.15, 0.2) is 48.5 Å². The molecule has 0 saturated heterocycles. The number of hydrogen-bond donors (Lipinski definition) is 6. The molecule has 121 heavy (non-hydrogen) atoms. The highest BCUT2D eigenvalue weighted by Crippen LogP contribution is 2.47. The number of carbonyl (C=O) groups is 6. The lowest BCUT2D eigenvalue weighted by Crippen LogP contribution is -2.35. The van der Waals surface area contributed by atoms with E-state index < -0.39 is 45.8 Å². The summed E-state index contributed by atoms with van der Waals surface area (Å²) in [5.74, 6) is -1.82. The molecular formula is C90H116F5N11O9S6. The first-order valence-electron chi connectivity index (χ1n) is 42.1. The lowest BCUT2D eigenvalue weighted by Gasteiger charge is -2.28. The molecule has 3 aliphatic heterocycles. The minimum absolute atomic E-state index is 0.150. The summed E-state index contributed by atoms with van der Waals surface area (Å²) in [7, 11) is 8.34. The molecule has 0 bridgehead atoms. The molecule has 6 aliphatic rings. The number of anilines is 3. The van der Waals surface area contributed by atoms with Gasteiger partial charge >= 0.3 is 42.2 Å². The number of halogens is 5. The van der Waals surface area contributed by atoms with Crippen molar-refractivity contribution < 1.29 is 64.9 Å². The summed E-state index contributed by atoms with van der Waals surface area (Å²) in [5, 5.41) is 18.9. The van der Waals surface area contributed by atoms with E-state index in [1.165, 1.54) is 73.1 Å². The predicted octanol–water partition coefficient (Wildman–Crippen LogP) is 20.1. The molecule has 31 heteroatoms. The van der Waals surface area contributed by atoms with E-state index >= 15 is 0 Å². The van der Waals surface area contributed by atoms with Gasteiger partial charge in [-0.15, -0.1) is 68.0 Å². The number of aryl methyl sites for hydroxylation is 3. The molecule has 6 amide bonds. The number of likely N-dealkylation sites (N-methyl/N-ethyl adjacent to an activating group) is 2. The molecule has 0 spiro atoms. The average molecular weight is 1780 g/mol. The number of hydrogen-bond acceptors (Lipinski definition) is 20. The number of ether oxygens (including phenoxy) is 3. The Morgan fingerprint density at radius 3 is 1.13 bits per heavy atom. The molecule has 8 aromatic rings. The zero-order chi connectivity index (χ0) is 87.0. The van der Waals surface area contributed by atoms with Gasteiger partial charge in [-0.05, 0) is 285 Å². The Labute approximate surface area is 732 Å². The average Bonchev–Trinajstić information content (AvgIpc) is 1.63. The summed E-state index contributed by atoms with van der Waals surface area (Å²) in [6, 6.07) is 11.9. The molecule has 2 aromatic carbocycles. The van der Waals surface area contributed by atoms with Gasteiger partial charge in [0.15, 0.2) is 0 Å². The van der Waals surface area contributed by atoms with E-state index in [0.717, 1.165) is 235 Å². The Morgan fingerprint density at radius 1 is 0.413 bits per heavy atom. The molecule has 14 rings (SSSR count). The fourth-order valence-electron chi connectivity index (χ4n) is 16.2. The SMILES string of the molecule is CCCN1CCc2c(sc(C(F)(F)F)c2CNC(=O)Nc2sc3c(c2C(=O)OC(C)(C)C)CCCC3)C1.CN(C)CCN1CCc2c(sc(-c3ccc(F)cc3)c2CNC(=O)Nc2sc3c(c2C(=O)OC(C)(C)C)CCCC3)C1.CN(C)CCN1CCc2c(sc(-c3cccc(F)c3)c2CNC(=O)Nc2sc3c(c2C(=O)OC(C)(C)C)CCCC3)C1. The van der Waals surface area contributed by atoms with E-state index in [1.807, 2.05) is 59.7 Å². The minimum atomic E-state index is -4.48. The van der Waals surface area contributed by atoms with Crippen molar-refractivity contribution in [3.8, 4) is 20.9 Å². The quantitative estimate of drug-likeness (QED) is 0.0211. The third kappa shape index (κ3) is 24.3. The van der Waals surface area contributed by atoms with Gasteiger partial charge in [-0.1, -0.05) is 31.2 Å². The number of thiophene rings is 6. The third-order valence-corrected chi connectivity index (χ3v) is 29.3. The summed E-state index contributed by atoms with van der Waals surface area (Å²) in [6.45, 7) is 28.6. The van der Waals surface area contributed by atoms with E-state index in [0.29, 0.717) is 69.9 Å². The van der Waals surface area contributed by atoms with E-state index in [1.54, 1.807) is 55.6 Å². The van der Waals surface area contributed by atoms with Crippen LogP contribution >= 0.6 is 68.0 Å². The Balaban J connectivity index is 0.000000167. The molecule has 9 heterocycles. The second-order valence-electron chi connectivity index (χ2n) is 35.3. The van der Waals surface area contributed by atoms with Crippen molar-refractivity contribution >= 4 is 119 Å². The van der Waals surface area contributed by atoms with Crippen LogP contribution in [-0.4, -0.2) is 158 Å². The maximum Gasteiger partial charge on any atom is 0.425 e. The van der Waals surface area contributed by atoms with E-state index in [4.69, 9.17) is 14.2 Å². The van der Waals surface area contributed by atoms with Gasteiger partial charge in [0.25, 0.3) is 0 Å². The number of alkyl halides is 3. The molecule has 0 saturated carbocycles. The van der Waals surface area contributed by atoms with Crippen LogP contribution in [0.4, 0.5) is 51.3 Å². The Kier molecular flexibility index (Phi) is 30.6. The van der Waals surface area contributed by atoms with Gasteiger partial charge in [-0.3, -0.25) is 30.7 Å². The fraction of sp³-hybridized carbons (Fsp3) is 0.533. The van der Waals surface area contributed by atoms with Crippen LogP contribution in [0.1, 0.15) is 229 Å². The second-order valence-corrected chi connectivity index (χ2v) is 41.9. The number of esters is 3. The molecular weight excluding hydrogens is 1670 g/mol. The lowest BCUT2D eigenvalue weighted by atomic mass is 9.95. The van der Waals surface area contributed by atoms with Gasteiger partial charge in [-0.25, -0.2) is 37.5 Å². The van der Waals surface area contributed by atoms with E-state index in [-0.39, 0.29) is 41.8 Å². The highest BCUT2D eigenvalue weighted by atomic mass is 32.1. The zero-order valence-corrected chi connectivity index (χ0v) is 77.0. The molecule has 20 nitrogen and oxygen atoms in total. The maximum absolute atomic E-state index is 14.2. The van der Waals surface area contributed by atoms with Crippen molar-refractivity contribution in [1.82, 2.24) is 40.4 Å². The van der Waals surface area contributed by atoms with Crippen LogP contribution in [0.2, 0.25) is 0 Å². The number of nitrogens with zero attached hydrogens (tertiary/aromatic N) is 5. The number of urea groups is 3. The fourth-order valence-corrected chi connectivity index (χ4v) is 24.1. The summed E-state index contributed by atoms with van der Waals surface area (Å²) < 4.78 is 86.7. The standard InChI is InChI=1S/2C32H41FN4O3S2.C26H34F3N3O3S2/c1-32(2,3)40-30(38)27-23-11-6-7-12-25(23)42-29(27)35-31(39)34-18-24-22-13-14-37(16-15-36(4)5)19-26(22)41-28(24)20-9-8-10-21(33)17-20;1-32(2,3)40-30(38)27-23-8-6-7-9-25(23)42-29(27)35-31(39)34-18-24-22-14-15-37(17-16-36(4)5)19-26(22)41-28(24)20-10-12-21(33)13-11-20;1-5-11-32-12-10-15-17(21(26(27,28)29)36-19(15)14-32)13-30-24(34)31-22-20(23(33)35-25(2,3)4)16-8-6-7-9-18(16)37-22/h8-10,17H,6-7,11-16,18-19H2,1-5H3,(H2,34,35,39);10-13H,6-9,14-19H2,1-5H3,(H2,34,35,39);5-14H2,1-4H3,(H2,30,31,34). The van der Waals surface area contributed by atoms with Gasteiger partial charge in [0, 0.05) is 124 Å². The molecule has 3 aliphatic carbocycles. The zero-order valence-electron chi connectivity index (χ0n) is 72.1. The van der Waals surface area contributed by atoms with Crippen LogP contribution in [0, 0.1) is 11.6 Å². The van der Waals surface area contributed by atoms with Crippen molar-refractivity contribution in [2.75, 3.05) is 96.5 Å². The number of amides is 6. The van der Waals surface area contributed by atoms with Crippen molar-refractivity contribution in [2.24, 2.45) is 0 Å². The highest BCUT2D eigenvalue weighted by Gasteiger charge is 2.41. The lowest BCUT2D eigenvalue weighted by molar-refractivity contribution is -0.135. The van der Waals surface area contributed by atoms with Gasteiger partial charge in [-0.2, -0.15) is 13.2 Å². The molecule has 0 unspecified atom stereocenters. The first kappa shape index (κ1) is 92.5. The number of carbonyl (C=O) groups excluding carboxylic acids is 6. The first-order valence-corrected chi connectivity index (χ1v) is 47.0. The van der Waals surface area contributed by atoms with Gasteiger partial charge in [0.2, 0.25) is 0 Å². The minimum Gasteiger partial charge on any atom is -0.456 e. The largest absolute Gasteiger partial charge is 0.456 e. The third-order valence-electron chi connectivity index (χ3n) is 21.7. The molecule has 0 radical (unpaired) electrons. The number of fused-ring (bicyclic) bond motifs is 6. The Bertz CT molecular complexity index is 5040. The van der Waals surface area contributed by atoms with Gasteiger partial charge in [0.1, 0.15) is 48.3 Å². The Hall–Kier alpha value is -7.69. The highest BCUT2D eigenvalue weighted by molar-refractivity contribution is 7.18. The monoisotopic (exact) mass is 1780 g/mol. The van der Waals surface area contributed by atoms with Crippen LogP contribution in [0.5, 0.6) is 0 Å². The number of nitrogens with one attached hydrogen (secondary N) is 6. The predicted molar refractivity (Wildman–Crippen MR) is 479 cm³/mol. The molecule has 0 atom stereocenters. The normalized spacial score (nSPS) is 15.6. The molecule has 0 fully saturated rings. The van der Waals surface area contributed by atoms with Gasteiger partial charge < -0.3 is 40.0 Å². The van der Waals surface area contributed by atoms with Crippen LogP contribution < -0.4 is 31.9 Å². The second kappa shape index (κ2) is 40.1. The van der Waals surface area contributed by atoms with Crippen molar-refractivity contribution in [3.63, 3.8) is 0 Å².